The molecule has 0 aromatic heterocycles. The van der Waals surface area contributed by atoms with Crippen molar-refractivity contribution in [2.75, 3.05) is 26.1 Å². The molecule has 0 aliphatic heterocycles. The van der Waals surface area contributed by atoms with Gasteiger partial charge in [-0.2, -0.15) is 0 Å². The van der Waals surface area contributed by atoms with Crippen LogP contribution >= 0.6 is 7.60 Å². The Morgan fingerprint density at radius 2 is 1.68 bits per heavy atom. The van der Waals surface area contributed by atoms with Gasteiger partial charge in [-0.1, -0.05) is 12.1 Å². The van der Waals surface area contributed by atoms with Gasteiger partial charge in [0.1, 0.15) is 5.75 Å². The van der Waals surface area contributed by atoms with E-state index in [0.29, 0.717) is 25.5 Å². The fraction of sp³-hybridized carbons (Fsp3) is 0.538. The van der Waals surface area contributed by atoms with E-state index in [-0.39, 0.29) is 6.35 Å². The van der Waals surface area contributed by atoms with E-state index in [1.165, 1.54) is 0 Å². The molecule has 19 heavy (non-hydrogen) atoms. The SMILES string of the molecule is CCOP(=O)(COc1ccc(CCN)cc1)OCC. The summed E-state index contributed by atoms with van der Waals surface area (Å²) in [6.07, 6.45) is 0.752. The van der Waals surface area contributed by atoms with Crippen LogP contribution in [0, 0.1) is 0 Å². The molecule has 0 saturated carbocycles. The molecule has 0 unspecified atom stereocenters. The Kier molecular flexibility index (Phi) is 7.10. The average molecular weight is 287 g/mol. The Hall–Kier alpha value is -0.870. The molecule has 0 fully saturated rings. The molecular weight excluding hydrogens is 265 g/mol. The Balaban J connectivity index is 2.56. The van der Waals surface area contributed by atoms with E-state index in [1.807, 2.05) is 24.3 Å². The summed E-state index contributed by atoms with van der Waals surface area (Å²) < 4.78 is 27.9. The zero-order valence-electron chi connectivity index (χ0n) is 11.5. The minimum atomic E-state index is -3.15. The van der Waals surface area contributed by atoms with Crippen molar-refractivity contribution in [3.63, 3.8) is 0 Å². The molecule has 0 aliphatic rings. The third-order valence-electron chi connectivity index (χ3n) is 2.40. The van der Waals surface area contributed by atoms with Crippen LogP contribution in [0.2, 0.25) is 0 Å². The van der Waals surface area contributed by atoms with Gasteiger partial charge in [0.05, 0.1) is 13.2 Å². The minimum absolute atomic E-state index is 0.0785. The van der Waals surface area contributed by atoms with Gasteiger partial charge in [0.2, 0.25) is 0 Å². The van der Waals surface area contributed by atoms with Crippen LogP contribution in [0.1, 0.15) is 19.4 Å². The molecule has 1 aromatic carbocycles. The molecule has 0 radical (unpaired) electrons. The molecule has 0 spiro atoms. The van der Waals surface area contributed by atoms with Crippen LogP contribution in [0.3, 0.4) is 0 Å². The van der Waals surface area contributed by atoms with Crippen molar-refractivity contribution in [2.45, 2.75) is 20.3 Å². The number of hydrogen-bond donors (Lipinski definition) is 1. The van der Waals surface area contributed by atoms with Gasteiger partial charge in [-0.05, 0) is 44.5 Å². The summed E-state index contributed by atoms with van der Waals surface area (Å²) >= 11 is 0. The largest absolute Gasteiger partial charge is 0.481 e. The monoisotopic (exact) mass is 287 g/mol. The summed E-state index contributed by atoms with van der Waals surface area (Å²) in [5.41, 5.74) is 6.63. The maximum atomic E-state index is 12.2. The van der Waals surface area contributed by atoms with E-state index in [1.54, 1.807) is 13.8 Å². The highest BCUT2D eigenvalue weighted by Crippen LogP contribution is 2.47. The fourth-order valence-electron chi connectivity index (χ4n) is 1.58. The first kappa shape index (κ1) is 16.2. The van der Waals surface area contributed by atoms with Gasteiger partial charge in [0, 0.05) is 0 Å². The standard InChI is InChI=1S/C13H22NO4P/c1-3-17-19(15,18-4-2)11-16-13-7-5-12(6-8-13)9-10-14/h5-8H,3-4,9-11,14H2,1-2H3. The molecule has 5 nitrogen and oxygen atoms in total. The van der Waals surface area contributed by atoms with Crippen molar-refractivity contribution in [3.8, 4) is 5.75 Å². The van der Waals surface area contributed by atoms with Crippen LogP contribution in [-0.4, -0.2) is 26.1 Å². The van der Waals surface area contributed by atoms with Crippen molar-refractivity contribution in [1.29, 1.82) is 0 Å². The molecule has 108 valence electrons. The van der Waals surface area contributed by atoms with Gasteiger partial charge in [-0.3, -0.25) is 4.57 Å². The lowest BCUT2D eigenvalue weighted by atomic mass is 10.1. The summed E-state index contributed by atoms with van der Waals surface area (Å²) in [7, 11) is -3.15. The number of rotatable bonds is 9. The molecule has 0 saturated heterocycles. The molecule has 0 heterocycles. The van der Waals surface area contributed by atoms with E-state index in [0.717, 1.165) is 12.0 Å². The third kappa shape index (κ3) is 5.74. The molecule has 1 rings (SSSR count). The zero-order valence-corrected chi connectivity index (χ0v) is 12.4. The van der Waals surface area contributed by atoms with Crippen molar-refractivity contribution in [3.05, 3.63) is 29.8 Å². The van der Waals surface area contributed by atoms with Crippen molar-refractivity contribution < 1.29 is 18.3 Å². The Labute approximate surface area is 114 Å². The second-order valence-corrected chi connectivity index (χ2v) is 5.90. The Morgan fingerprint density at radius 3 is 2.16 bits per heavy atom. The first-order valence-electron chi connectivity index (χ1n) is 6.43. The quantitative estimate of drug-likeness (QED) is 0.707. The maximum Gasteiger partial charge on any atom is 0.367 e. The van der Waals surface area contributed by atoms with E-state index in [9.17, 15) is 4.57 Å². The van der Waals surface area contributed by atoms with Gasteiger partial charge in [-0.15, -0.1) is 0 Å². The highest BCUT2D eigenvalue weighted by Gasteiger charge is 2.24. The van der Waals surface area contributed by atoms with Crippen LogP contribution < -0.4 is 10.5 Å². The lowest BCUT2D eigenvalue weighted by Gasteiger charge is -2.17. The summed E-state index contributed by atoms with van der Waals surface area (Å²) in [5.74, 6) is 0.639. The van der Waals surface area contributed by atoms with E-state index >= 15 is 0 Å². The summed E-state index contributed by atoms with van der Waals surface area (Å²) in [6.45, 7) is 4.82. The van der Waals surface area contributed by atoms with Gasteiger partial charge in [-0.25, -0.2) is 0 Å². The lowest BCUT2D eigenvalue weighted by molar-refractivity contribution is 0.197. The first-order valence-corrected chi connectivity index (χ1v) is 8.16. The van der Waals surface area contributed by atoms with Crippen LogP contribution in [0.5, 0.6) is 5.75 Å². The Morgan fingerprint density at radius 1 is 1.11 bits per heavy atom. The van der Waals surface area contributed by atoms with Crippen molar-refractivity contribution >= 4 is 7.60 Å². The van der Waals surface area contributed by atoms with Crippen molar-refractivity contribution in [2.24, 2.45) is 5.73 Å². The average Bonchev–Trinajstić information content (AvgIpc) is 2.39. The van der Waals surface area contributed by atoms with Crippen LogP contribution in [0.25, 0.3) is 0 Å². The number of nitrogens with two attached hydrogens (primary N) is 1. The molecule has 0 aliphatic carbocycles. The van der Waals surface area contributed by atoms with Gasteiger partial charge >= 0.3 is 7.60 Å². The second-order valence-electron chi connectivity index (χ2n) is 3.90. The molecule has 1 aromatic rings. The number of ether oxygens (including phenoxy) is 1. The molecule has 6 heteroatoms. The summed E-state index contributed by atoms with van der Waals surface area (Å²) in [4.78, 5) is 0. The van der Waals surface area contributed by atoms with Crippen LogP contribution in [0.15, 0.2) is 24.3 Å². The number of benzene rings is 1. The van der Waals surface area contributed by atoms with E-state index < -0.39 is 7.60 Å². The fourth-order valence-corrected chi connectivity index (χ4v) is 2.90. The molecule has 0 amide bonds. The Bertz CT molecular complexity index is 398. The predicted molar refractivity (Wildman–Crippen MR) is 75.6 cm³/mol. The van der Waals surface area contributed by atoms with Gasteiger partial charge in [0.25, 0.3) is 0 Å². The summed E-state index contributed by atoms with van der Waals surface area (Å²) in [6, 6.07) is 7.53. The van der Waals surface area contributed by atoms with Crippen molar-refractivity contribution in [1.82, 2.24) is 0 Å². The molecule has 0 bridgehead atoms. The minimum Gasteiger partial charge on any atom is -0.481 e. The second kappa shape index (κ2) is 8.33. The van der Waals surface area contributed by atoms with Crippen LogP contribution in [0.4, 0.5) is 0 Å². The zero-order chi connectivity index (χ0) is 14.1. The molecular formula is C13H22NO4P. The first-order chi connectivity index (χ1) is 9.13. The van der Waals surface area contributed by atoms with E-state index in [4.69, 9.17) is 19.5 Å². The molecule has 2 N–H and O–H groups in total. The van der Waals surface area contributed by atoms with Crippen LogP contribution in [-0.2, 0) is 20.0 Å². The molecule has 0 atom stereocenters. The van der Waals surface area contributed by atoms with Gasteiger partial charge in [0.15, 0.2) is 6.35 Å². The third-order valence-corrected chi connectivity index (χ3v) is 4.15. The highest BCUT2D eigenvalue weighted by molar-refractivity contribution is 7.53. The summed E-state index contributed by atoms with van der Waals surface area (Å²) in [5, 5.41) is 0. The van der Waals surface area contributed by atoms with E-state index in [2.05, 4.69) is 0 Å². The lowest BCUT2D eigenvalue weighted by Crippen LogP contribution is -2.06. The smallest absolute Gasteiger partial charge is 0.367 e. The highest BCUT2D eigenvalue weighted by atomic mass is 31.2. The van der Waals surface area contributed by atoms with Gasteiger partial charge < -0.3 is 19.5 Å². The maximum absolute atomic E-state index is 12.2. The number of hydrogen-bond acceptors (Lipinski definition) is 5. The normalized spacial score (nSPS) is 11.5. The topological polar surface area (TPSA) is 70.8 Å². The predicted octanol–water partition coefficient (Wildman–Crippen LogP) is 2.79.